The van der Waals surface area contributed by atoms with E-state index in [-0.39, 0.29) is 5.41 Å². The number of benzene rings is 2. The normalized spacial score (nSPS) is 21.0. The molecule has 1 nitrogen and oxygen atoms in total. The van der Waals surface area contributed by atoms with Gasteiger partial charge < -0.3 is 5.32 Å². The standard InChI is InChI=1S/C19H22ClN/c1-21-14-19(13-15-8-10-17(20)11-9-15)12-4-6-16-5-2-3-7-18(16)19/h2-3,5,7-11,21H,4,6,12-14H2,1H3. The Labute approximate surface area is 132 Å². The lowest BCUT2D eigenvalue weighted by atomic mass is 9.67. The Morgan fingerprint density at radius 2 is 1.86 bits per heavy atom. The van der Waals surface area contributed by atoms with E-state index in [1.165, 1.54) is 36.0 Å². The van der Waals surface area contributed by atoms with Crippen molar-refractivity contribution >= 4 is 11.6 Å². The van der Waals surface area contributed by atoms with Gasteiger partial charge in [-0.2, -0.15) is 0 Å². The smallest absolute Gasteiger partial charge is 0.0406 e. The van der Waals surface area contributed by atoms with Gasteiger partial charge in [0.2, 0.25) is 0 Å². The van der Waals surface area contributed by atoms with Gasteiger partial charge in [0.15, 0.2) is 0 Å². The van der Waals surface area contributed by atoms with Crippen molar-refractivity contribution in [1.29, 1.82) is 0 Å². The third-order valence-corrected chi connectivity index (χ3v) is 4.91. The lowest BCUT2D eigenvalue weighted by molar-refractivity contribution is 0.345. The fraction of sp³-hybridized carbons (Fsp3) is 0.368. The zero-order valence-corrected chi connectivity index (χ0v) is 13.3. The molecular formula is C19H22ClN. The highest BCUT2D eigenvalue weighted by atomic mass is 35.5. The van der Waals surface area contributed by atoms with Crippen molar-refractivity contribution in [2.24, 2.45) is 0 Å². The van der Waals surface area contributed by atoms with E-state index in [0.717, 1.165) is 18.0 Å². The lowest BCUT2D eigenvalue weighted by Gasteiger charge is -2.39. The fourth-order valence-electron chi connectivity index (χ4n) is 3.77. The van der Waals surface area contributed by atoms with E-state index in [4.69, 9.17) is 11.6 Å². The summed E-state index contributed by atoms with van der Waals surface area (Å²) in [5.74, 6) is 0. The van der Waals surface area contributed by atoms with Gasteiger partial charge in [0, 0.05) is 17.0 Å². The first kappa shape index (κ1) is 14.6. The van der Waals surface area contributed by atoms with Gasteiger partial charge >= 0.3 is 0 Å². The SMILES string of the molecule is CNCC1(Cc2ccc(Cl)cc2)CCCc2ccccc21. The van der Waals surface area contributed by atoms with Crippen LogP contribution in [0.3, 0.4) is 0 Å². The van der Waals surface area contributed by atoms with Gasteiger partial charge in [-0.3, -0.25) is 0 Å². The van der Waals surface area contributed by atoms with Crippen LogP contribution in [0.15, 0.2) is 48.5 Å². The number of halogens is 1. The van der Waals surface area contributed by atoms with Gasteiger partial charge in [0.1, 0.15) is 0 Å². The van der Waals surface area contributed by atoms with E-state index in [1.54, 1.807) is 0 Å². The van der Waals surface area contributed by atoms with Crippen LogP contribution < -0.4 is 5.32 Å². The minimum Gasteiger partial charge on any atom is -0.319 e. The largest absolute Gasteiger partial charge is 0.319 e. The summed E-state index contributed by atoms with van der Waals surface area (Å²) in [4.78, 5) is 0. The Bertz CT molecular complexity index is 605. The van der Waals surface area contributed by atoms with Crippen LogP contribution in [0, 0.1) is 0 Å². The summed E-state index contributed by atoms with van der Waals surface area (Å²) in [7, 11) is 2.06. The maximum absolute atomic E-state index is 6.02. The predicted molar refractivity (Wildman–Crippen MR) is 90.1 cm³/mol. The molecule has 1 atom stereocenters. The van der Waals surface area contributed by atoms with Gasteiger partial charge in [-0.1, -0.05) is 48.0 Å². The van der Waals surface area contributed by atoms with E-state index in [2.05, 4.69) is 48.8 Å². The Morgan fingerprint density at radius 3 is 2.62 bits per heavy atom. The third-order valence-electron chi connectivity index (χ3n) is 4.66. The van der Waals surface area contributed by atoms with Crippen LogP contribution in [0.4, 0.5) is 0 Å². The summed E-state index contributed by atoms with van der Waals surface area (Å²) >= 11 is 6.02. The van der Waals surface area contributed by atoms with Crippen LogP contribution in [0.5, 0.6) is 0 Å². The molecule has 0 heterocycles. The summed E-state index contributed by atoms with van der Waals surface area (Å²) < 4.78 is 0. The van der Waals surface area contributed by atoms with Crippen LogP contribution in [0.1, 0.15) is 29.5 Å². The Morgan fingerprint density at radius 1 is 1.10 bits per heavy atom. The molecule has 110 valence electrons. The minimum absolute atomic E-state index is 0.206. The molecular weight excluding hydrogens is 278 g/mol. The summed E-state index contributed by atoms with van der Waals surface area (Å²) in [6.07, 6.45) is 4.80. The molecule has 2 aromatic carbocycles. The average molecular weight is 300 g/mol. The van der Waals surface area contributed by atoms with Crippen LogP contribution in [-0.2, 0) is 18.3 Å². The summed E-state index contributed by atoms with van der Waals surface area (Å²) in [6.45, 7) is 1.02. The number of rotatable bonds is 4. The summed E-state index contributed by atoms with van der Waals surface area (Å²) in [6, 6.07) is 17.3. The zero-order valence-electron chi connectivity index (χ0n) is 12.5. The second-order valence-electron chi connectivity index (χ2n) is 6.12. The number of fused-ring (bicyclic) bond motifs is 1. The second kappa shape index (κ2) is 6.21. The lowest BCUT2D eigenvalue weighted by Crippen LogP contribution is -2.41. The van der Waals surface area contributed by atoms with E-state index >= 15 is 0 Å². The van der Waals surface area contributed by atoms with Gasteiger partial charge in [-0.25, -0.2) is 0 Å². The molecule has 0 aliphatic heterocycles. The summed E-state index contributed by atoms with van der Waals surface area (Å²) in [5, 5.41) is 4.24. The van der Waals surface area contributed by atoms with Crippen molar-refractivity contribution in [2.45, 2.75) is 31.1 Å². The number of likely N-dealkylation sites (N-methyl/N-ethyl adjacent to an activating group) is 1. The van der Waals surface area contributed by atoms with Crippen molar-refractivity contribution in [1.82, 2.24) is 5.32 Å². The zero-order chi connectivity index (χ0) is 14.7. The highest BCUT2D eigenvalue weighted by molar-refractivity contribution is 6.30. The van der Waals surface area contributed by atoms with Crippen molar-refractivity contribution < 1.29 is 0 Å². The molecule has 0 spiro atoms. The van der Waals surface area contributed by atoms with E-state index < -0.39 is 0 Å². The fourth-order valence-corrected chi connectivity index (χ4v) is 3.89. The van der Waals surface area contributed by atoms with Crippen molar-refractivity contribution in [3.05, 3.63) is 70.2 Å². The Balaban J connectivity index is 1.99. The maximum Gasteiger partial charge on any atom is 0.0406 e. The van der Waals surface area contributed by atoms with Gasteiger partial charge in [-0.15, -0.1) is 0 Å². The molecule has 1 unspecified atom stereocenters. The predicted octanol–water partition coefficient (Wildman–Crippen LogP) is 4.38. The molecule has 1 aliphatic rings. The topological polar surface area (TPSA) is 12.0 Å². The van der Waals surface area contributed by atoms with Crippen LogP contribution in [0.2, 0.25) is 5.02 Å². The molecule has 0 aromatic heterocycles. The molecule has 21 heavy (non-hydrogen) atoms. The van der Waals surface area contributed by atoms with E-state index in [1.807, 2.05) is 12.1 Å². The van der Waals surface area contributed by atoms with E-state index in [0.29, 0.717) is 0 Å². The van der Waals surface area contributed by atoms with Gasteiger partial charge in [0.25, 0.3) is 0 Å². The molecule has 0 saturated heterocycles. The second-order valence-corrected chi connectivity index (χ2v) is 6.56. The monoisotopic (exact) mass is 299 g/mol. The number of aryl methyl sites for hydroxylation is 1. The van der Waals surface area contributed by atoms with Crippen LogP contribution >= 0.6 is 11.6 Å². The number of hydrogen-bond acceptors (Lipinski definition) is 1. The molecule has 0 bridgehead atoms. The highest BCUT2D eigenvalue weighted by Crippen LogP contribution is 2.39. The first-order chi connectivity index (χ1) is 10.2. The number of nitrogens with one attached hydrogen (secondary N) is 1. The first-order valence-electron chi connectivity index (χ1n) is 7.71. The quantitative estimate of drug-likeness (QED) is 0.883. The number of hydrogen-bond donors (Lipinski definition) is 1. The van der Waals surface area contributed by atoms with Crippen LogP contribution in [-0.4, -0.2) is 13.6 Å². The van der Waals surface area contributed by atoms with Crippen molar-refractivity contribution in [3.63, 3.8) is 0 Å². The first-order valence-corrected chi connectivity index (χ1v) is 8.09. The molecule has 2 heteroatoms. The van der Waals surface area contributed by atoms with Gasteiger partial charge in [-0.05, 0) is 61.6 Å². The van der Waals surface area contributed by atoms with Gasteiger partial charge in [0.05, 0.1) is 0 Å². The molecule has 2 aromatic rings. The molecule has 0 saturated carbocycles. The van der Waals surface area contributed by atoms with Crippen LogP contribution in [0.25, 0.3) is 0 Å². The molecule has 0 radical (unpaired) electrons. The average Bonchev–Trinajstić information content (AvgIpc) is 2.51. The van der Waals surface area contributed by atoms with Crippen molar-refractivity contribution in [3.8, 4) is 0 Å². The highest BCUT2D eigenvalue weighted by Gasteiger charge is 2.35. The minimum atomic E-state index is 0.206. The molecule has 1 aliphatic carbocycles. The maximum atomic E-state index is 6.02. The Hall–Kier alpha value is -1.31. The van der Waals surface area contributed by atoms with Crippen molar-refractivity contribution in [2.75, 3.05) is 13.6 Å². The molecule has 0 fully saturated rings. The molecule has 0 amide bonds. The van der Waals surface area contributed by atoms with E-state index in [9.17, 15) is 0 Å². The Kier molecular flexibility index (Phi) is 4.32. The molecule has 1 N–H and O–H groups in total. The molecule has 3 rings (SSSR count). The third kappa shape index (κ3) is 3.00. The summed E-state index contributed by atoms with van der Waals surface area (Å²) in [5.41, 5.74) is 4.62.